The third-order valence-electron chi connectivity index (χ3n) is 4.16. The third kappa shape index (κ3) is 4.30. The van der Waals surface area contributed by atoms with Gasteiger partial charge in [-0.25, -0.2) is 9.67 Å². The SMILES string of the molecule is Cc1c(C(=O)NCCc2cccc(O)c2)cnn1-c1ccc(C(F)(F)F)cn1. The summed E-state index contributed by atoms with van der Waals surface area (Å²) in [5, 5.41) is 16.3. The molecule has 6 nitrogen and oxygen atoms in total. The van der Waals surface area contributed by atoms with E-state index in [9.17, 15) is 23.1 Å². The molecule has 0 aliphatic rings. The summed E-state index contributed by atoms with van der Waals surface area (Å²) >= 11 is 0. The van der Waals surface area contributed by atoms with Crippen LogP contribution in [0.2, 0.25) is 0 Å². The molecule has 3 rings (SSSR count). The van der Waals surface area contributed by atoms with Crippen molar-refractivity contribution >= 4 is 5.91 Å². The largest absolute Gasteiger partial charge is 0.508 e. The molecule has 0 radical (unpaired) electrons. The van der Waals surface area contributed by atoms with E-state index in [0.29, 0.717) is 24.2 Å². The molecule has 3 aromatic rings. The summed E-state index contributed by atoms with van der Waals surface area (Å²) in [4.78, 5) is 16.2. The van der Waals surface area contributed by atoms with E-state index in [1.54, 1.807) is 25.1 Å². The maximum atomic E-state index is 12.6. The number of phenolic OH excluding ortho intramolecular Hbond substituents is 1. The lowest BCUT2D eigenvalue weighted by atomic mass is 10.1. The average Bonchev–Trinajstić information content (AvgIpc) is 3.02. The van der Waals surface area contributed by atoms with Gasteiger partial charge in [-0.2, -0.15) is 18.3 Å². The number of pyridine rings is 1. The Morgan fingerprint density at radius 1 is 1.21 bits per heavy atom. The number of aromatic nitrogens is 3. The molecule has 2 N–H and O–H groups in total. The highest BCUT2D eigenvalue weighted by Crippen LogP contribution is 2.28. The summed E-state index contributed by atoms with van der Waals surface area (Å²) in [6.07, 6.45) is -1.86. The van der Waals surface area contributed by atoms with E-state index in [0.717, 1.165) is 17.8 Å². The van der Waals surface area contributed by atoms with Gasteiger partial charge in [-0.3, -0.25) is 4.79 Å². The molecule has 146 valence electrons. The van der Waals surface area contributed by atoms with Crippen molar-refractivity contribution in [2.24, 2.45) is 0 Å². The van der Waals surface area contributed by atoms with Crippen LogP contribution in [0.5, 0.6) is 5.75 Å². The van der Waals surface area contributed by atoms with Crippen molar-refractivity contribution in [2.75, 3.05) is 6.54 Å². The maximum absolute atomic E-state index is 12.6. The highest BCUT2D eigenvalue weighted by molar-refractivity contribution is 5.95. The fraction of sp³-hybridized carbons (Fsp3) is 0.211. The second-order valence-corrected chi connectivity index (χ2v) is 6.13. The molecule has 9 heteroatoms. The number of alkyl halides is 3. The lowest BCUT2D eigenvalue weighted by molar-refractivity contribution is -0.137. The quantitative estimate of drug-likeness (QED) is 0.701. The molecule has 0 unspecified atom stereocenters. The lowest BCUT2D eigenvalue weighted by Crippen LogP contribution is -2.26. The van der Waals surface area contributed by atoms with Crippen LogP contribution in [0, 0.1) is 6.92 Å². The minimum Gasteiger partial charge on any atom is -0.508 e. The second-order valence-electron chi connectivity index (χ2n) is 6.13. The molecule has 2 heterocycles. The van der Waals surface area contributed by atoms with Gasteiger partial charge in [0, 0.05) is 12.7 Å². The van der Waals surface area contributed by atoms with E-state index in [1.165, 1.54) is 16.9 Å². The monoisotopic (exact) mass is 390 g/mol. The number of nitrogens with zero attached hydrogens (tertiary/aromatic N) is 3. The predicted octanol–water partition coefficient (Wildman–Crippen LogP) is 3.27. The van der Waals surface area contributed by atoms with Gasteiger partial charge in [0.05, 0.1) is 23.0 Å². The van der Waals surface area contributed by atoms with Crippen LogP contribution < -0.4 is 5.32 Å². The number of aromatic hydroxyl groups is 1. The van der Waals surface area contributed by atoms with E-state index < -0.39 is 11.7 Å². The van der Waals surface area contributed by atoms with Crippen LogP contribution >= 0.6 is 0 Å². The molecule has 1 aromatic carbocycles. The first kappa shape index (κ1) is 19.4. The molecular weight excluding hydrogens is 373 g/mol. The number of phenols is 1. The molecule has 0 bridgehead atoms. The Morgan fingerprint density at radius 2 is 2.00 bits per heavy atom. The smallest absolute Gasteiger partial charge is 0.417 e. The van der Waals surface area contributed by atoms with Crippen molar-refractivity contribution in [3.05, 3.63) is 71.2 Å². The van der Waals surface area contributed by atoms with E-state index in [1.807, 2.05) is 6.07 Å². The first-order valence-electron chi connectivity index (χ1n) is 8.40. The maximum Gasteiger partial charge on any atom is 0.417 e. The van der Waals surface area contributed by atoms with Crippen molar-refractivity contribution in [2.45, 2.75) is 19.5 Å². The molecular formula is C19H17F3N4O2. The van der Waals surface area contributed by atoms with Gasteiger partial charge in [0.1, 0.15) is 5.75 Å². The van der Waals surface area contributed by atoms with Crippen LogP contribution in [0.15, 0.2) is 48.8 Å². The van der Waals surface area contributed by atoms with Gasteiger partial charge in [0.25, 0.3) is 5.91 Å². The molecule has 0 aliphatic carbocycles. The Hall–Kier alpha value is -3.36. The Bertz CT molecular complexity index is 982. The van der Waals surface area contributed by atoms with E-state index in [4.69, 9.17) is 0 Å². The zero-order valence-electron chi connectivity index (χ0n) is 14.9. The number of carbonyl (C=O) groups excluding carboxylic acids is 1. The van der Waals surface area contributed by atoms with Crippen molar-refractivity contribution in [3.63, 3.8) is 0 Å². The van der Waals surface area contributed by atoms with Gasteiger partial charge in [-0.1, -0.05) is 12.1 Å². The van der Waals surface area contributed by atoms with Crippen molar-refractivity contribution in [1.29, 1.82) is 0 Å². The predicted molar refractivity (Wildman–Crippen MR) is 95.2 cm³/mol. The van der Waals surface area contributed by atoms with Gasteiger partial charge in [-0.05, 0) is 43.2 Å². The summed E-state index contributed by atoms with van der Waals surface area (Å²) in [6, 6.07) is 8.86. The number of amides is 1. The second kappa shape index (κ2) is 7.71. The summed E-state index contributed by atoms with van der Waals surface area (Å²) in [7, 11) is 0. The van der Waals surface area contributed by atoms with Crippen molar-refractivity contribution < 1.29 is 23.1 Å². The van der Waals surface area contributed by atoms with E-state index in [-0.39, 0.29) is 17.5 Å². The van der Waals surface area contributed by atoms with Gasteiger partial charge in [0.2, 0.25) is 0 Å². The number of hydrogen-bond acceptors (Lipinski definition) is 4. The van der Waals surface area contributed by atoms with Gasteiger partial charge in [-0.15, -0.1) is 0 Å². The summed E-state index contributed by atoms with van der Waals surface area (Å²) in [6.45, 7) is 1.99. The van der Waals surface area contributed by atoms with Crippen molar-refractivity contribution in [1.82, 2.24) is 20.1 Å². The van der Waals surface area contributed by atoms with Crippen LogP contribution in [0.3, 0.4) is 0 Å². The number of hydrogen-bond donors (Lipinski definition) is 2. The fourth-order valence-corrected chi connectivity index (χ4v) is 2.67. The van der Waals surface area contributed by atoms with Gasteiger partial charge >= 0.3 is 6.18 Å². The summed E-state index contributed by atoms with van der Waals surface area (Å²) in [5.41, 5.74) is 0.785. The minimum absolute atomic E-state index is 0.157. The minimum atomic E-state index is -4.47. The fourth-order valence-electron chi connectivity index (χ4n) is 2.67. The molecule has 0 aliphatic heterocycles. The Morgan fingerprint density at radius 3 is 2.64 bits per heavy atom. The van der Waals surface area contributed by atoms with E-state index >= 15 is 0 Å². The Labute approximate surface area is 158 Å². The first-order chi connectivity index (χ1) is 13.3. The highest BCUT2D eigenvalue weighted by Gasteiger charge is 2.30. The van der Waals surface area contributed by atoms with Gasteiger partial charge in [0.15, 0.2) is 5.82 Å². The topological polar surface area (TPSA) is 80.0 Å². The molecule has 28 heavy (non-hydrogen) atoms. The lowest BCUT2D eigenvalue weighted by Gasteiger charge is -2.08. The van der Waals surface area contributed by atoms with E-state index in [2.05, 4.69) is 15.4 Å². The van der Waals surface area contributed by atoms with Crippen LogP contribution in [0.1, 0.15) is 27.2 Å². The molecule has 1 amide bonds. The molecule has 0 spiro atoms. The van der Waals surface area contributed by atoms with Gasteiger partial charge < -0.3 is 10.4 Å². The zero-order chi connectivity index (χ0) is 20.3. The zero-order valence-corrected chi connectivity index (χ0v) is 14.9. The number of benzene rings is 1. The molecule has 0 fully saturated rings. The van der Waals surface area contributed by atoms with Crippen LogP contribution in [-0.4, -0.2) is 32.3 Å². The average molecular weight is 390 g/mol. The first-order valence-corrected chi connectivity index (χ1v) is 8.40. The highest BCUT2D eigenvalue weighted by atomic mass is 19.4. The molecule has 0 saturated carbocycles. The van der Waals surface area contributed by atoms with Crippen molar-refractivity contribution in [3.8, 4) is 11.6 Å². The number of rotatable bonds is 5. The Balaban J connectivity index is 1.67. The normalized spacial score (nSPS) is 11.4. The standard InChI is InChI=1S/C19H17F3N4O2/c1-12-16(18(28)23-8-7-13-3-2-4-15(27)9-13)11-25-26(12)17-6-5-14(10-24-17)19(20,21)22/h2-6,9-11,27H,7-8H2,1H3,(H,23,28). The Kier molecular flexibility index (Phi) is 5.34. The number of halogens is 3. The number of carbonyl (C=O) groups is 1. The molecule has 2 aromatic heterocycles. The molecule has 0 atom stereocenters. The molecule has 0 saturated heterocycles. The summed E-state index contributed by atoms with van der Waals surface area (Å²) < 4.78 is 39.2. The summed E-state index contributed by atoms with van der Waals surface area (Å²) in [5.74, 6) is -0.00915. The number of nitrogens with one attached hydrogen (secondary N) is 1. The van der Waals surface area contributed by atoms with Crippen LogP contribution in [0.4, 0.5) is 13.2 Å². The van der Waals surface area contributed by atoms with Crippen LogP contribution in [0.25, 0.3) is 5.82 Å². The third-order valence-corrected chi connectivity index (χ3v) is 4.16. The van der Waals surface area contributed by atoms with Crippen LogP contribution in [-0.2, 0) is 12.6 Å².